The summed E-state index contributed by atoms with van der Waals surface area (Å²) >= 11 is 0. The van der Waals surface area contributed by atoms with Gasteiger partial charge in [0.2, 0.25) is 0 Å². The third-order valence-electron chi connectivity index (χ3n) is 1.23. The van der Waals surface area contributed by atoms with Crippen LogP contribution in [0.4, 0.5) is 0 Å². The van der Waals surface area contributed by atoms with Gasteiger partial charge in [-0.1, -0.05) is 0 Å². The molecule has 0 unspecified atom stereocenters. The first-order valence-corrected chi connectivity index (χ1v) is 3.62. The second-order valence-corrected chi connectivity index (χ2v) is 2.09. The van der Waals surface area contributed by atoms with Crippen molar-refractivity contribution >= 4 is 10.5 Å². The lowest BCUT2D eigenvalue weighted by Crippen LogP contribution is -2.35. The van der Waals surface area contributed by atoms with E-state index in [-0.39, 0.29) is 0 Å². The van der Waals surface area contributed by atoms with Crippen LogP contribution < -0.4 is 0 Å². The zero-order valence-corrected chi connectivity index (χ0v) is 7.09. The Morgan fingerprint density at radius 1 is 1.38 bits per heavy atom. The van der Waals surface area contributed by atoms with Gasteiger partial charge in [0.25, 0.3) is 0 Å². The van der Waals surface area contributed by atoms with E-state index < -0.39 is 0 Å². The van der Waals surface area contributed by atoms with Gasteiger partial charge in [-0.05, 0) is 0 Å². The summed E-state index contributed by atoms with van der Waals surface area (Å²) in [4.78, 5) is 0. The highest BCUT2D eigenvalue weighted by Gasteiger charge is 2.06. The lowest BCUT2D eigenvalue weighted by Gasteiger charge is -2.24. The minimum atomic E-state index is 0.800. The Kier molecular flexibility index (Phi) is 2.48. The highest BCUT2D eigenvalue weighted by atomic mass is 28.2. The quantitative estimate of drug-likeness (QED) is 0.408. The Bertz CT molecular complexity index is 65.1. The number of morpholine rings is 1. The molecule has 0 aromatic carbocycles. The molecular weight excluding hydrogens is 122 g/mol. The minimum absolute atomic E-state index is 0.800. The molecule has 48 valence electrons. The summed E-state index contributed by atoms with van der Waals surface area (Å²) in [6.07, 6.45) is 0. The summed E-state index contributed by atoms with van der Waals surface area (Å²) in [6, 6.07) is 0. The molecule has 0 spiro atoms. The van der Waals surface area contributed by atoms with Crippen LogP contribution in [0.5, 0.6) is 0 Å². The molecule has 0 amide bonds. The maximum absolute atomic E-state index is 5.10. The fourth-order valence-corrected chi connectivity index (χ4v) is 1.09. The first-order chi connectivity index (χ1) is 3.93. The predicted octanol–water partition coefficient (Wildman–Crippen LogP) is -1.47. The van der Waals surface area contributed by atoms with Crippen molar-refractivity contribution in [2.45, 2.75) is 0 Å². The molecule has 1 aliphatic rings. The summed E-state index contributed by atoms with van der Waals surface area (Å²) in [7, 11) is 0.800. The lowest BCUT2D eigenvalue weighted by molar-refractivity contribution is -0.114. The Hall–Kier alpha value is 0.0969. The third kappa shape index (κ3) is 1.55. The van der Waals surface area contributed by atoms with Crippen LogP contribution >= 0.6 is 0 Å². The Labute approximate surface area is 52.1 Å². The van der Waals surface area contributed by atoms with Crippen molar-refractivity contribution in [3.05, 3.63) is 0 Å². The van der Waals surface area contributed by atoms with Gasteiger partial charge >= 0.3 is 0 Å². The van der Waals surface area contributed by atoms with Crippen LogP contribution in [-0.4, -0.2) is 41.9 Å². The maximum Gasteiger partial charge on any atom is 0.175 e. The highest BCUT2D eigenvalue weighted by molar-refractivity contribution is 5.97. The van der Waals surface area contributed by atoms with E-state index in [4.69, 9.17) is 9.26 Å². The maximum atomic E-state index is 5.10. The van der Waals surface area contributed by atoms with Crippen molar-refractivity contribution < 1.29 is 9.26 Å². The Balaban J connectivity index is 2.13. The van der Waals surface area contributed by atoms with Crippen LogP contribution in [0, 0.1) is 0 Å². The third-order valence-corrected chi connectivity index (χ3v) is 1.74. The Morgan fingerprint density at radius 2 is 2.00 bits per heavy atom. The van der Waals surface area contributed by atoms with Crippen LogP contribution in [0.2, 0.25) is 0 Å². The molecule has 0 bridgehead atoms. The van der Waals surface area contributed by atoms with Crippen molar-refractivity contribution in [2.75, 3.05) is 26.3 Å². The van der Waals surface area contributed by atoms with Crippen molar-refractivity contribution in [1.29, 1.82) is 0 Å². The molecular formula is C4H11NO2Si. The van der Waals surface area contributed by atoms with Crippen LogP contribution in [0.15, 0.2) is 0 Å². The van der Waals surface area contributed by atoms with Gasteiger partial charge in [-0.2, -0.15) is 5.06 Å². The molecule has 0 radical (unpaired) electrons. The van der Waals surface area contributed by atoms with E-state index in [0.29, 0.717) is 0 Å². The standard InChI is InChI=1S/C4H11NO2Si/c8-7-5-1-3-6-4-2-5/h1-4H2,8H3. The molecule has 1 rings (SSSR count). The second-order valence-electron chi connectivity index (χ2n) is 1.72. The number of hydroxylamine groups is 2. The molecule has 0 aromatic heterocycles. The topological polar surface area (TPSA) is 21.7 Å². The molecule has 0 saturated carbocycles. The van der Waals surface area contributed by atoms with E-state index >= 15 is 0 Å². The number of rotatable bonds is 1. The zero-order chi connectivity index (χ0) is 5.82. The molecule has 0 atom stereocenters. The van der Waals surface area contributed by atoms with Crippen LogP contribution in [0.3, 0.4) is 0 Å². The zero-order valence-electron chi connectivity index (χ0n) is 5.09. The Morgan fingerprint density at radius 3 is 2.38 bits per heavy atom. The molecule has 4 heteroatoms. The van der Waals surface area contributed by atoms with Gasteiger partial charge in [0.1, 0.15) is 0 Å². The second kappa shape index (κ2) is 3.19. The normalized spacial score (nSPS) is 24.0. The molecule has 0 N–H and O–H groups in total. The number of ether oxygens (including phenoxy) is 1. The molecule has 3 nitrogen and oxygen atoms in total. The SMILES string of the molecule is [SiH3]ON1CCOCC1. The van der Waals surface area contributed by atoms with Crippen molar-refractivity contribution in [3.8, 4) is 0 Å². The number of nitrogens with zero attached hydrogens (tertiary/aromatic N) is 1. The molecule has 1 saturated heterocycles. The predicted molar refractivity (Wildman–Crippen MR) is 33.4 cm³/mol. The summed E-state index contributed by atoms with van der Waals surface area (Å²) in [5.41, 5.74) is 0. The lowest BCUT2D eigenvalue weighted by atomic mass is 10.5. The van der Waals surface area contributed by atoms with E-state index in [1.807, 2.05) is 5.06 Å². The van der Waals surface area contributed by atoms with Gasteiger partial charge in [0, 0.05) is 13.1 Å². The van der Waals surface area contributed by atoms with E-state index in [2.05, 4.69) is 0 Å². The van der Waals surface area contributed by atoms with Crippen LogP contribution in [0.25, 0.3) is 0 Å². The molecule has 0 aliphatic carbocycles. The monoisotopic (exact) mass is 133 g/mol. The molecule has 1 aliphatic heterocycles. The summed E-state index contributed by atoms with van der Waals surface area (Å²) in [5, 5.41) is 1.95. The smallest absolute Gasteiger partial charge is 0.175 e. The van der Waals surface area contributed by atoms with E-state index in [1.54, 1.807) is 0 Å². The van der Waals surface area contributed by atoms with E-state index in [0.717, 1.165) is 36.8 Å². The molecule has 0 aromatic rings. The summed E-state index contributed by atoms with van der Waals surface area (Å²) in [6.45, 7) is 3.51. The van der Waals surface area contributed by atoms with Gasteiger partial charge in [0.15, 0.2) is 10.5 Å². The van der Waals surface area contributed by atoms with E-state index in [1.165, 1.54) is 0 Å². The van der Waals surface area contributed by atoms with Gasteiger partial charge in [-0.3, -0.25) is 0 Å². The largest absolute Gasteiger partial charge is 0.379 e. The van der Waals surface area contributed by atoms with Gasteiger partial charge < -0.3 is 9.26 Å². The fourth-order valence-electron chi connectivity index (χ4n) is 0.729. The first kappa shape index (κ1) is 6.22. The highest BCUT2D eigenvalue weighted by Crippen LogP contribution is 1.93. The van der Waals surface area contributed by atoms with Gasteiger partial charge in [0.05, 0.1) is 13.2 Å². The first-order valence-electron chi connectivity index (χ1n) is 2.80. The average molecular weight is 133 g/mol. The van der Waals surface area contributed by atoms with Crippen molar-refractivity contribution in [3.63, 3.8) is 0 Å². The number of hydrogen-bond acceptors (Lipinski definition) is 3. The fraction of sp³-hybridized carbons (Fsp3) is 1.00. The molecule has 1 heterocycles. The van der Waals surface area contributed by atoms with E-state index in [9.17, 15) is 0 Å². The van der Waals surface area contributed by atoms with Gasteiger partial charge in [-0.15, -0.1) is 0 Å². The van der Waals surface area contributed by atoms with Gasteiger partial charge in [-0.25, -0.2) is 0 Å². The minimum Gasteiger partial charge on any atom is -0.379 e. The van der Waals surface area contributed by atoms with Crippen molar-refractivity contribution in [2.24, 2.45) is 0 Å². The molecule has 1 fully saturated rings. The van der Waals surface area contributed by atoms with Crippen LogP contribution in [-0.2, 0) is 9.26 Å². The van der Waals surface area contributed by atoms with Crippen LogP contribution in [0.1, 0.15) is 0 Å². The summed E-state index contributed by atoms with van der Waals surface area (Å²) in [5.74, 6) is 0. The number of hydrogen-bond donors (Lipinski definition) is 0. The van der Waals surface area contributed by atoms with Crippen molar-refractivity contribution in [1.82, 2.24) is 5.06 Å². The summed E-state index contributed by atoms with van der Waals surface area (Å²) < 4.78 is 10.2. The average Bonchev–Trinajstić information content (AvgIpc) is 1.90. The molecule has 8 heavy (non-hydrogen) atoms.